The fraction of sp³-hybridized carbons (Fsp3) is 0.190. The number of methoxy groups -OCH3 is 1. The molecule has 5 aromatic rings. The Bertz CT molecular complexity index is 1980. The smallest absolute Gasteiger partial charge is 0.411 e. The maximum Gasteiger partial charge on any atom is 0.411 e. The zero-order chi connectivity index (χ0) is 38.1. The molecule has 0 aromatic heterocycles. The molecule has 0 bridgehead atoms. The molecule has 12 nitrogen and oxygen atoms in total. The SMILES string of the molecule is CCCCCOC(=O)Nc1ccc(Cc2ccc(NC(=O)Nc3ccc(NC(=O)Nc4ccc(Cc5ccc(NC(=O)OC)cc5)cc4)cc3)cc2)cc1. The maximum absolute atomic E-state index is 12.6. The molecule has 0 fully saturated rings. The van der Waals surface area contributed by atoms with Crippen LogP contribution in [-0.2, 0) is 22.3 Å². The zero-order valence-corrected chi connectivity index (χ0v) is 30.2. The van der Waals surface area contributed by atoms with E-state index in [2.05, 4.69) is 43.6 Å². The lowest BCUT2D eigenvalue weighted by Crippen LogP contribution is -2.20. The summed E-state index contributed by atoms with van der Waals surface area (Å²) in [6.07, 6.45) is 3.37. The van der Waals surface area contributed by atoms with Gasteiger partial charge in [-0.15, -0.1) is 0 Å². The number of ether oxygens (including phenoxy) is 2. The zero-order valence-electron chi connectivity index (χ0n) is 30.2. The van der Waals surface area contributed by atoms with E-state index in [1.54, 1.807) is 24.3 Å². The van der Waals surface area contributed by atoms with E-state index in [-0.39, 0.29) is 0 Å². The fourth-order valence-corrected chi connectivity index (χ4v) is 5.36. The van der Waals surface area contributed by atoms with Crippen molar-refractivity contribution in [3.05, 3.63) is 144 Å². The molecule has 278 valence electrons. The summed E-state index contributed by atoms with van der Waals surface area (Å²) < 4.78 is 9.80. The van der Waals surface area contributed by atoms with Crippen LogP contribution in [0.3, 0.4) is 0 Å². The Balaban J connectivity index is 1.01. The van der Waals surface area contributed by atoms with Crippen molar-refractivity contribution in [1.82, 2.24) is 0 Å². The molecule has 0 radical (unpaired) electrons. The van der Waals surface area contributed by atoms with E-state index < -0.39 is 24.2 Å². The Kier molecular flexibility index (Phi) is 14.0. The van der Waals surface area contributed by atoms with Gasteiger partial charge in [-0.25, -0.2) is 19.2 Å². The average Bonchev–Trinajstić information content (AvgIpc) is 3.17. The first kappa shape index (κ1) is 38.4. The molecule has 0 unspecified atom stereocenters. The van der Waals surface area contributed by atoms with Crippen LogP contribution in [0.25, 0.3) is 0 Å². The Hall–Kier alpha value is -6.82. The van der Waals surface area contributed by atoms with Crippen molar-refractivity contribution in [3.8, 4) is 0 Å². The molecular formula is C42H44N6O6. The summed E-state index contributed by atoms with van der Waals surface area (Å²) in [6, 6.07) is 36.2. The van der Waals surface area contributed by atoms with E-state index in [1.165, 1.54) is 7.11 Å². The van der Waals surface area contributed by atoms with Crippen LogP contribution < -0.4 is 31.9 Å². The molecule has 5 aromatic carbocycles. The van der Waals surface area contributed by atoms with E-state index in [9.17, 15) is 19.2 Å². The quantitative estimate of drug-likeness (QED) is 0.0625. The first-order valence-electron chi connectivity index (χ1n) is 17.6. The fourth-order valence-electron chi connectivity index (χ4n) is 5.36. The van der Waals surface area contributed by atoms with Crippen LogP contribution in [0.15, 0.2) is 121 Å². The highest BCUT2D eigenvalue weighted by Crippen LogP contribution is 2.20. The van der Waals surface area contributed by atoms with Gasteiger partial charge in [-0.1, -0.05) is 68.3 Å². The molecular weight excluding hydrogens is 684 g/mol. The molecule has 0 saturated heterocycles. The molecule has 54 heavy (non-hydrogen) atoms. The number of rotatable bonds is 14. The van der Waals surface area contributed by atoms with Gasteiger partial charge in [0.1, 0.15) is 0 Å². The molecule has 12 heteroatoms. The van der Waals surface area contributed by atoms with Gasteiger partial charge in [-0.2, -0.15) is 0 Å². The highest BCUT2D eigenvalue weighted by molar-refractivity contribution is 6.01. The van der Waals surface area contributed by atoms with Gasteiger partial charge >= 0.3 is 24.2 Å². The Morgan fingerprint density at radius 2 is 0.722 bits per heavy atom. The molecule has 0 heterocycles. The van der Waals surface area contributed by atoms with Gasteiger partial charge in [0.05, 0.1) is 13.7 Å². The van der Waals surface area contributed by atoms with Crippen molar-refractivity contribution in [2.24, 2.45) is 0 Å². The minimum atomic E-state index is -0.520. The second-order valence-corrected chi connectivity index (χ2v) is 12.5. The van der Waals surface area contributed by atoms with Gasteiger partial charge in [0.2, 0.25) is 0 Å². The molecule has 0 saturated carbocycles. The summed E-state index contributed by atoms with van der Waals surface area (Å²) in [5.74, 6) is 0. The van der Waals surface area contributed by atoms with Gasteiger partial charge in [0.25, 0.3) is 0 Å². The molecule has 0 aliphatic carbocycles. The second-order valence-electron chi connectivity index (χ2n) is 12.5. The van der Waals surface area contributed by atoms with Crippen molar-refractivity contribution in [3.63, 3.8) is 0 Å². The molecule has 0 atom stereocenters. The van der Waals surface area contributed by atoms with Crippen molar-refractivity contribution in [2.45, 2.75) is 39.0 Å². The van der Waals surface area contributed by atoms with E-state index in [0.29, 0.717) is 53.6 Å². The van der Waals surface area contributed by atoms with E-state index >= 15 is 0 Å². The highest BCUT2D eigenvalue weighted by atomic mass is 16.5. The lowest BCUT2D eigenvalue weighted by molar-refractivity contribution is 0.159. The molecule has 6 amide bonds. The monoisotopic (exact) mass is 728 g/mol. The highest BCUT2D eigenvalue weighted by Gasteiger charge is 2.08. The summed E-state index contributed by atoms with van der Waals surface area (Å²) in [4.78, 5) is 48.6. The van der Waals surface area contributed by atoms with Gasteiger partial charge in [-0.3, -0.25) is 10.6 Å². The summed E-state index contributed by atoms with van der Waals surface area (Å²) in [5.41, 5.74) is 7.98. The number of hydrogen-bond acceptors (Lipinski definition) is 6. The molecule has 0 spiro atoms. The number of anilines is 6. The minimum Gasteiger partial charge on any atom is -0.453 e. The van der Waals surface area contributed by atoms with Gasteiger partial charge < -0.3 is 30.7 Å². The van der Waals surface area contributed by atoms with Crippen LogP contribution in [0.4, 0.5) is 53.3 Å². The van der Waals surface area contributed by atoms with Crippen molar-refractivity contribution < 1.29 is 28.7 Å². The van der Waals surface area contributed by atoms with Crippen LogP contribution in [0.5, 0.6) is 0 Å². The predicted octanol–water partition coefficient (Wildman–Crippen LogP) is 10.1. The average molecular weight is 729 g/mol. The van der Waals surface area contributed by atoms with Crippen LogP contribution in [0.2, 0.25) is 0 Å². The third kappa shape index (κ3) is 12.7. The van der Waals surface area contributed by atoms with Crippen LogP contribution >= 0.6 is 0 Å². The van der Waals surface area contributed by atoms with Crippen molar-refractivity contribution in [2.75, 3.05) is 45.6 Å². The van der Waals surface area contributed by atoms with Gasteiger partial charge in [-0.05, 0) is 114 Å². The number of carbonyl (C=O) groups is 4. The predicted molar refractivity (Wildman–Crippen MR) is 214 cm³/mol. The maximum atomic E-state index is 12.6. The number of carbonyl (C=O) groups excluding carboxylic acids is 4. The van der Waals surface area contributed by atoms with Crippen molar-refractivity contribution in [1.29, 1.82) is 0 Å². The number of amides is 6. The van der Waals surface area contributed by atoms with Crippen LogP contribution in [0, 0.1) is 0 Å². The first-order chi connectivity index (χ1) is 26.2. The summed E-state index contributed by atoms with van der Waals surface area (Å²) in [5, 5.41) is 16.6. The molecule has 5 rings (SSSR count). The largest absolute Gasteiger partial charge is 0.453 e. The van der Waals surface area contributed by atoms with E-state index in [0.717, 1.165) is 41.5 Å². The van der Waals surface area contributed by atoms with Crippen LogP contribution in [0.1, 0.15) is 48.4 Å². The molecule has 6 N–H and O–H groups in total. The normalized spacial score (nSPS) is 10.4. The van der Waals surface area contributed by atoms with Gasteiger partial charge in [0.15, 0.2) is 0 Å². The number of benzene rings is 5. The number of unbranched alkanes of at least 4 members (excludes halogenated alkanes) is 2. The lowest BCUT2D eigenvalue weighted by atomic mass is 10.0. The number of hydrogen-bond donors (Lipinski definition) is 6. The standard InChI is InChI=1S/C42H44N6O6/c1-3-4-5-26-54-42(52)48-38-20-12-32(13-21-38)28-30-8-16-34(17-9-30)44-40(50)46-36-24-22-35(23-25-36)45-39(49)43-33-14-6-29(7-15-33)27-31-10-18-37(19-11-31)47-41(51)53-2/h6-25H,3-5,26-28H2,1-2H3,(H,47,51)(H,48,52)(H2,43,45,49)(H2,44,46,50). The summed E-state index contributed by atoms with van der Waals surface area (Å²) >= 11 is 0. The molecule has 0 aliphatic heterocycles. The molecule has 0 aliphatic rings. The topological polar surface area (TPSA) is 159 Å². The Morgan fingerprint density at radius 3 is 1.04 bits per heavy atom. The summed E-state index contributed by atoms with van der Waals surface area (Å²) in [7, 11) is 1.32. The minimum absolute atomic E-state index is 0.399. The lowest BCUT2D eigenvalue weighted by Gasteiger charge is -2.11. The van der Waals surface area contributed by atoms with Crippen molar-refractivity contribution >= 4 is 58.4 Å². The van der Waals surface area contributed by atoms with E-state index in [4.69, 9.17) is 4.74 Å². The summed E-state index contributed by atoms with van der Waals surface area (Å²) in [6.45, 7) is 2.51. The van der Waals surface area contributed by atoms with E-state index in [1.807, 2.05) is 97.1 Å². The third-order valence-electron chi connectivity index (χ3n) is 8.21. The Labute approximate surface area is 314 Å². The second kappa shape index (κ2) is 19.7. The van der Waals surface area contributed by atoms with Gasteiger partial charge in [0, 0.05) is 34.1 Å². The first-order valence-corrected chi connectivity index (χ1v) is 17.6. The van der Waals surface area contributed by atoms with Crippen LogP contribution in [-0.4, -0.2) is 38.0 Å². The third-order valence-corrected chi connectivity index (χ3v) is 8.21. The number of nitrogens with one attached hydrogen (secondary N) is 6. The Morgan fingerprint density at radius 1 is 0.426 bits per heavy atom. The number of urea groups is 2.